The minimum absolute atomic E-state index is 0.0899. The van der Waals surface area contributed by atoms with E-state index in [9.17, 15) is 9.59 Å². The number of benzene rings is 2. The van der Waals surface area contributed by atoms with Gasteiger partial charge in [-0.3, -0.25) is 9.69 Å². The van der Waals surface area contributed by atoms with Gasteiger partial charge in [-0.2, -0.15) is 0 Å². The number of para-hydroxylation sites is 1. The van der Waals surface area contributed by atoms with Gasteiger partial charge in [-0.15, -0.1) is 0 Å². The van der Waals surface area contributed by atoms with Crippen LogP contribution in [0.2, 0.25) is 10.0 Å². The topological polar surface area (TPSA) is 58.6 Å². The van der Waals surface area contributed by atoms with E-state index in [2.05, 4.69) is 5.32 Å². The maximum absolute atomic E-state index is 12.8. The van der Waals surface area contributed by atoms with Crippen LogP contribution in [0.3, 0.4) is 0 Å². The third-order valence-electron chi connectivity index (χ3n) is 4.38. The number of ether oxygens (including phenoxy) is 1. The van der Waals surface area contributed by atoms with Crippen LogP contribution in [0, 0.1) is 6.92 Å². The number of nitrogens with zero attached hydrogens (tertiary/aromatic N) is 1. The monoisotopic (exact) mass is 392 g/mol. The number of rotatable bonds is 5. The first-order chi connectivity index (χ1) is 12.3. The molecule has 1 N–H and O–H groups in total. The van der Waals surface area contributed by atoms with Crippen LogP contribution in [0.4, 0.5) is 4.79 Å². The summed E-state index contributed by atoms with van der Waals surface area (Å²) < 4.78 is 5.58. The van der Waals surface area contributed by atoms with Crippen LogP contribution in [-0.2, 0) is 10.3 Å². The second-order valence-electron chi connectivity index (χ2n) is 6.28. The van der Waals surface area contributed by atoms with Gasteiger partial charge in [-0.1, -0.05) is 59.1 Å². The molecular formula is C19H18Cl2N2O3. The summed E-state index contributed by atoms with van der Waals surface area (Å²) in [6.07, 6.45) is 0. The predicted octanol–water partition coefficient (Wildman–Crippen LogP) is 4.15. The SMILES string of the molecule is Cc1ccc([C@@]2(C)NC(=O)N(CCOc3c(Cl)cccc3Cl)C2=O)cc1. The second-order valence-corrected chi connectivity index (χ2v) is 7.09. The van der Waals surface area contributed by atoms with Crippen molar-refractivity contribution in [2.45, 2.75) is 19.4 Å². The van der Waals surface area contributed by atoms with E-state index in [1.54, 1.807) is 25.1 Å². The van der Waals surface area contributed by atoms with Crippen LogP contribution >= 0.6 is 23.2 Å². The lowest BCUT2D eigenvalue weighted by Gasteiger charge is -2.22. The number of hydrogen-bond donors (Lipinski definition) is 1. The quantitative estimate of drug-likeness (QED) is 0.777. The number of amides is 3. The molecule has 0 aromatic heterocycles. The molecule has 1 aliphatic rings. The molecule has 3 amide bonds. The molecule has 0 unspecified atom stereocenters. The van der Waals surface area contributed by atoms with Crippen LogP contribution in [0.25, 0.3) is 0 Å². The fraction of sp³-hybridized carbons (Fsp3) is 0.263. The van der Waals surface area contributed by atoms with Gasteiger partial charge >= 0.3 is 6.03 Å². The summed E-state index contributed by atoms with van der Waals surface area (Å²) in [7, 11) is 0. The number of imide groups is 1. The number of nitrogens with one attached hydrogen (secondary N) is 1. The highest BCUT2D eigenvalue weighted by molar-refractivity contribution is 6.37. The molecule has 0 aliphatic carbocycles. The van der Waals surface area contributed by atoms with Gasteiger partial charge in [0, 0.05) is 0 Å². The Labute approximate surface area is 161 Å². The van der Waals surface area contributed by atoms with E-state index in [1.165, 1.54) is 0 Å². The van der Waals surface area contributed by atoms with Gasteiger partial charge in [0.15, 0.2) is 5.75 Å². The number of hydrogen-bond acceptors (Lipinski definition) is 3. The summed E-state index contributed by atoms with van der Waals surface area (Å²) in [4.78, 5) is 26.3. The van der Waals surface area contributed by atoms with E-state index < -0.39 is 11.6 Å². The molecule has 1 aliphatic heterocycles. The summed E-state index contributed by atoms with van der Waals surface area (Å²) >= 11 is 12.1. The summed E-state index contributed by atoms with van der Waals surface area (Å²) in [5.74, 6) is 0.0180. The zero-order valence-corrected chi connectivity index (χ0v) is 15.9. The number of halogens is 2. The van der Waals surface area contributed by atoms with Crippen LogP contribution in [0.15, 0.2) is 42.5 Å². The first-order valence-corrected chi connectivity index (χ1v) is 8.86. The van der Waals surface area contributed by atoms with Crippen molar-refractivity contribution in [1.82, 2.24) is 10.2 Å². The number of carbonyl (C=O) groups is 2. The van der Waals surface area contributed by atoms with E-state index in [-0.39, 0.29) is 19.1 Å². The first-order valence-electron chi connectivity index (χ1n) is 8.11. The zero-order valence-electron chi connectivity index (χ0n) is 14.4. The molecule has 3 rings (SSSR count). The van der Waals surface area contributed by atoms with Crippen LogP contribution in [-0.4, -0.2) is 30.0 Å². The molecule has 1 atom stereocenters. The highest BCUT2D eigenvalue weighted by atomic mass is 35.5. The Balaban J connectivity index is 1.70. The minimum atomic E-state index is -1.09. The Hall–Kier alpha value is -2.24. The average Bonchev–Trinajstić information content (AvgIpc) is 2.81. The lowest BCUT2D eigenvalue weighted by Crippen LogP contribution is -2.41. The second kappa shape index (κ2) is 7.17. The maximum atomic E-state index is 12.8. The number of carbonyl (C=O) groups excluding carboxylic acids is 2. The molecule has 0 bridgehead atoms. The van der Waals surface area contributed by atoms with E-state index in [4.69, 9.17) is 27.9 Å². The molecule has 0 spiro atoms. The van der Waals surface area contributed by atoms with Crippen molar-refractivity contribution in [3.8, 4) is 5.75 Å². The van der Waals surface area contributed by atoms with Crippen molar-refractivity contribution in [3.63, 3.8) is 0 Å². The highest BCUT2D eigenvalue weighted by Gasteiger charge is 2.48. The molecule has 2 aromatic carbocycles. The molecule has 0 saturated carbocycles. The minimum Gasteiger partial charge on any atom is -0.489 e. The fourth-order valence-corrected chi connectivity index (χ4v) is 3.35. The molecule has 1 heterocycles. The molecular weight excluding hydrogens is 375 g/mol. The van der Waals surface area contributed by atoms with E-state index >= 15 is 0 Å². The Kier molecular flexibility index (Phi) is 5.12. The van der Waals surface area contributed by atoms with Crippen LogP contribution in [0.1, 0.15) is 18.1 Å². The standard InChI is InChI=1S/C19H18Cl2N2O3/c1-12-6-8-13(9-7-12)19(2)17(24)23(18(25)22-19)10-11-26-16-14(20)4-3-5-15(16)21/h3-9H,10-11H2,1-2H3,(H,22,25)/t19-/m1/s1. The molecule has 0 radical (unpaired) electrons. The molecule has 7 heteroatoms. The highest BCUT2D eigenvalue weighted by Crippen LogP contribution is 2.33. The fourth-order valence-electron chi connectivity index (χ4n) is 2.84. The van der Waals surface area contributed by atoms with Gasteiger partial charge in [0.25, 0.3) is 5.91 Å². The number of urea groups is 1. The molecule has 1 fully saturated rings. The maximum Gasteiger partial charge on any atom is 0.325 e. The summed E-state index contributed by atoms with van der Waals surface area (Å²) in [5, 5.41) is 3.52. The molecule has 136 valence electrons. The van der Waals surface area contributed by atoms with Crippen molar-refractivity contribution < 1.29 is 14.3 Å². The van der Waals surface area contributed by atoms with Gasteiger partial charge in [-0.25, -0.2) is 4.79 Å². The third-order valence-corrected chi connectivity index (χ3v) is 4.98. The zero-order chi connectivity index (χ0) is 18.9. The van der Waals surface area contributed by atoms with E-state index in [0.717, 1.165) is 16.0 Å². The Morgan fingerprint density at radius 1 is 1.08 bits per heavy atom. The first kappa shape index (κ1) is 18.5. The lowest BCUT2D eigenvalue weighted by molar-refractivity contribution is -0.131. The van der Waals surface area contributed by atoms with Gasteiger partial charge in [0.05, 0.1) is 16.6 Å². The van der Waals surface area contributed by atoms with Crippen molar-refractivity contribution in [2.75, 3.05) is 13.2 Å². The normalized spacial score (nSPS) is 19.6. The van der Waals surface area contributed by atoms with Crippen LogP contribution < -0.4 is 10.1 Å². The summed E-state index contributed by atoms with van der Waals surface area (Å²) in [6.45, 7) is 3.84. The number of aryl methyl sites for hydroxylation is 1. The van der Waals surface area contributed by atoms with Gasteiger partial charge in [0.1, 0.15) is 12.1 Å². The van der Waals surface area contributed by atoms with Gasteiger partial charge < -0.3 is 10.1 Å². The average molecular weight is 393 g/mol. The van der Waals surface area contributed by atoms with Crippen molar-refractivity contribution in [3.05, 3.63) is 63.6 Å². The van der Waals surface area contributed by atoms with E-state index in [1.807, 2.05) is 31.2 Å². The van der Waals surface area contributed by atoms with Crippen molar-refractivity contribution in [2.24, 2.45) is 0 Å². The predicted molar refractivity (Wildman–Crippen MR) is 101 cm³/mol. The summed E-state index contributed by atoms with van der Waals surface area (Å²) in [5.41, 5.74) is 0.724. The van der Waals surface area contributed by atoms with Crippen molar-refractivity contribution >= 4 is 35.1 Å². The van der Waals surface area contributed by atoms with E-state index in [0.29, 0.717) is 15.8 Å². The molecule has 26 heavy (non-hydrogen) atoms. The molecule has 1 saturated heterocycles. The summed E-state index contributed by atoms with van der Waals surface area (Å²) in [6, 6.07) is 12.1. The van der Waals surface area contributed by atoms with Crippen LogP contribution in [0.5, 0.6) is 5.75 Å². The molecule has 5 nitrogen and oxygen atoms in total. The van der Waals surface area contributed by atoms with Gasteiger partial charge in [0.2, 0.25) is 0 Å². The smallest absolute Gasteiger partial charge is 0.325 e. The molecule has 2 aromatic rings. The lowest BCUT2D eigenvalue weighted by atomic mass is 9.91. The Morgan fingerprint density at radius 3 is 2.31 bits per heavy atom. The van der Waals surface area contributed by atoms with Crippen molar-refractivity contribution in [1.29, 1.82) is 0 Å². The van der Waals surface area contributed by atoms with Gasteiger partial charge in [-0.05, 0) is 31.5 Å². The Morgan fingerprint density at radius 2 is 1.69 bits per heavy atom. The third kappa shape index (κ3) is 3.37. The largest absolute Gasteiger partial charge is 0.489 e. The Bertz CT molecular complexity index is 834.